The number of nitrogens with one attached hydrogen (secondary N) is 1. The molecule has 20 heavy (non-hydrogen) atoms. The van der Waals surface area contributed by atoms with Gasteiger partial charge in [0.05, 0.1) is 15.1 Å². The van der Waals surface area contributed by atoms with Crippen molar-refractivity contribution in [1.29, 1.82) is 0 Å². The molecular formula is C12H13N3O4S. The first kappa shape index (κ1) is 14.2. The Morgan fingerprint density at radius 1 is 1.45 bits per heavy atom. The largest absolute Gasteiger partial charge is 0.444 e. The van der Waals surface area contributed by atoms with Gasteiger partial charge in [0, 0.05) is 12.1 Å². The Morgan fingerprint density at radius 3 is 2.75 bits per heavy atom. The number of ether oxygens (including phenoxy) is 1. The Morgan fingerprint density at radius 2 is 2.15 bits per heavy atom. The van der Waals surface area contributed by atoms with Crippen molar-refractivity contribution in [2.45, 2.75) is 26.4 Å². The second-order valence-electron chi connectivity index (χ2n) is 5.06. The number of fused-ring (bicyclic) bond motifs is 1. The highest BCUT2D eigenvalue weighted by molar-refractivity contribution is 7.22. The van der Waals surface area contributed by atoms with Gasteiger partial charge in [-0.2, -0.15) is 0 Å². The van der Waals surface area contributed by atoms with Crippen molar-refractivity contribution in [3.05, 3.63) is 28.3 Å². The van der Waals surface area contributed by atoms with Gasteiger partial charge < -0.3 is 4.74 Å². The number of amides is 1. The maximum atomic E-state index is 11.6. The highest BCUT2D eigenvalue weighted by atomic mass is 32.1. The fraction of sp³-hybridized carbons (Fsp3) is 0.333. The van der Waals surface area contributed by atoms with Crippen molar-refractivity contribution in [1.82, 2.24) is 4.98 Å². The van der Waals surface area contributed by atoms with E-state index in [0.717, 1.165) is 4.70 Å². The molecule has 1 amide bonds. The number of carbonyl (C=O) groups is 1. The van der Waals surface area contributed by atoms with Crippen molar-refractivity contribution < 1.29 is 14.5 Å². The summed E-state index contributed by atoms with van der Waals surface area (Å²) in [6, 6.07) is 4.37. The van der Waals surface area contributed by atoms with E-state index < -0.39 is 16.6 Å². The molecule has 0 bridgehead atoms. The number of anilines is 1. The van der Waals surface area contributed by atoms with Crippen LogP contribution in [0.5, 0.6) is 0 Å². The van der Waals surface area contributed by atoms with Crippen molar-refractivity contribution in [3.8, 4) is 0 Å². The van der Waals surface area contributed by atoms with E-state index in [1.807, 2.05) is 0 Å². The maximum Gasteiger partial charge on any atom is 0.413 e. The molecule has 1 aromatic carbocycles. The van der Waals surface area contributed by atoms with Crippen LogP contribution in [0.25, 0.3) is 10.2 Å². The van der Waals surface area contributed by atoms with Crippen LogP contribution < -0.4 is 5.32 Å². The van der Waals surface area contributed by atoms with Gasteiger partial charge in [0.25, 0.3) is 5.69 Å². The molecule has 1 aromatic heterocycles. The molecule has 0 saturated carbocycles. The standard InChI is InChI=1S/C12H13N3O4S/c1-12(2,3)19-11(16)14-10-13-8-6-7(15(17)18)4-5-9(8)20-10/h4-6H,1-3H3,(H,13,14,16). The van der Waals surface area contributed by atoms with Gasteiger partial charge in [-0.25, -0.2) is 9.78 Å². The fourth-order valence-electron chi connectivity index (χ4n) is 1.47. The summed E-state index contributed by atoms with van der Waals surface area (Å²) >= 11 is 1.23. The first-order valence-corrected chi connectivity index (χ1v) is 6.61. The van der Waals surface area contributed by atoms with Gasteiger partial charge in [0.2, 0.25) is 0 Å². The molecule has 8 heteroatoms. The molecule has 0 aliphatic rings. The highest BCUT2D eigenvalue weighted by Gasteiger charge is 2.18. The monoisotopic (exact) mass is 295 g/mol. The van der Waals surface area contributed by atoms with Crippen LogP contribution in [0, 0.1) is 10.1 Å². The minimum absolute atomic E-state index is 0.0355. The normalized spacial score (nSPS) is 11.3. The van der Waals surface area contributed by atoms with Crippen molar-refractivity contribution in [2.75, 3.05) is 5.32 Å². The number of aromatic nitrogens is 1. The molecule has 0 fully saturated rings. The third-order valence-electron chi connectivity index (χ3n) is 2.19. The quantitative estimate of drug-likeness (QED) is 0.675. The smallest absolute Gasteiger partial charge is 0.413 e. The molecule has 0 saturated heterocycles. The summed E-state index contributed by atoms with van der Waals surface area (Å²) in [7, 11) is 0. The van der Waals surface area contributed by atoms with Crippen LogP contribution in [0.4, 0.5) is 15.6 Å². The molecule has 7 nitrogen and oxygen atoms in total. The zero-order valence-corrected chi connectivity index (χ0v) is 12.0. The second-order valence-corrected chi connectivity index (χ2v) is 6.09. The van der Waals surface area contributed by atoms with Crippen LogP contribution in [-0.2, 0) is 4.74 Å². The lowest BCUT2D eigenvalue weighted by Gasteiger charge is -2.18. The molecule has 1 heterocycles. The number of thiazole rings is 1. The second kappa shape index (κ2) is 5.04. The average Bonchev–Trinajstić information content (AvgIpc) is 2.66. The lowest BCUT2D eigenvalue weighted by molar-refractivity contribution is -0.384. The average molecular weight is 295 g/mol. The number of carbonyl (C=O) groups excluding carboxylic acids is 1. The predicted molar refractivity (Wildman–Crippen MR) is 76.1 cm³/mol. The number of hydrogen-bond donors (Lipinski definition) is 1. The third kappa shape index (κ3) is 3.41. The van der Waals surface area contributed by atoms with Crippen LogP contribution in [-0.4, -0.2) is 21.6 Å². The van der Waals surface area contributed by atoms with Gasteiger partial charge >= 0.3 is 6.09 Å². The number of rotatable bonds is 2. The zero-order valence-electron chi connectivity index (χ0n) is 11.2. The van der Waals surface area contributed by atoms with E-state index in [1.165, 1.54) is 23.5 Å². The zero-order chi connectivity index (χ0) is 14.9. The number of non-ortho nitro benzene ring substituents is 1. The van der Waals surface area contributed by atoms with Crippen LogP contribution in [0.3, 0.4) is 0 Å². The molecule has 1 N–H and O–H groups in total. The van der Waals surface area contributed by atoms with E-state index in [4.69, 9.17) is 4.74 Å². The molecule has 0 unspecified atom stereocenters. The molecule has 0 atom stereocenters. The first-order valence-electron chi connectivity index (χ1n) is 5.79. The maximum absolute atomic E-state index is 11.6. The van der Waals surface area contributed by atoms with Crippen LogP contribution in [0.1, 0.15) is 20.8 Å². The van der Waals surface area contributed by atoms with Gasteiger partial charge in [-0.3, -0.25) is 15.4 Å². The van der Waals surface area contributed by atoms with Crippen LogP contribution in [0.2, 0.25) is 0 Å². The Bertz CT molecular complexity index is 675. The van der Waals surface area contributed by atoms with Crippen molar-refractivity contribution in [2.24, 2.45) is 0 Å². The van der Waals surface area contributed by atoms with Crippen LogP contribution >= 0.6 is 11.3 Å². The summed E-state index contributed by atoms with van der Waals surface area (Å²) in [4.78, 5) is 25.9. The Hall–Kier alpha value is -2.22. The van der Waals surface area contributed by atoms with Gasteiger partial charge in [-0.05, 0) is 26.8 Å². The number of hydrogen-bond acceptors (Lipinski definition) is 6. The van der Waals surface area contributed by atoms with Crippen LogP contribution in [0.15, 0.2) is 18.2 Å². The van der Waals surface area contributed by atoms with Gasteiger partial charge in [-0.15, -0.1) is 0 Å². The SMILES string of the molecule is CC(C)(C)OC(=O)Nc1nc2cc([N+](=O)[O-])ccc2s1. The lowest BCUT2D eigenvalue weighted by atomic mass is 10.2. The van der Waals surface area contributed by atoms with Gasteiger partial charge in [-0.1, -0.05) is 11.3 Å². The van der Waals surface area contributed by atoms with E-state index >= 15 is 0 Å². The minimum atomic E-state index is -0.606. The van der Waals surface area contributed by atoms with Gasteiger partial charge in [0.15, 0.2) is 5.13 Å². The molecule has 0 aliphatic heterocycles. The molecule has 0 radical (unpaired) electrons. The summed E-state index contributed by atoms with van der Waals surface area (Å²) in [6.07, 6.45) is -0.606. The number of nitrogens with zero attached hydrogens (tertiary/aromatic N) is 2. The first-order chi connectivity index (χ1) is 9.24. The Balaban J connectivity index is 2.20. The summed E-state index contributed by atoms with van der Waals surface area (Å²) in [5.74, 6) is 0. The number of nitro groups is 1. The molecule has 106 valence electrons. The topological polar surface area (TPSA) is 94.4 Å². The molecule has 0 aliphatic carbocycles. The highest BCUT2D eigenvalue weighted by Crippen LogP contribution is 2.29. The summed E-state index contributed by atoms with van der Waals surface area (Å²) < 4.78 is 5.86. The third-order valence-corrected chi connectivity index (χ3v) is 3.14. The Kier molecular flexibility index (Phi) is 3.58. The number of benzene rings is 1. The Labute approximate surface area is 118 Å². The summed E-state index contributed by atoms with van der Waals surface area (Å²) in [5, 5.41) is 13.5. The molecule has 0 spiro atoms. The predicted octanol–water partition coefficient (Wildman–Crippen LogP) is 3.55. The van der Waals surface area contributed by atoms with E-state index in [1.54, 1.807) is 26.8 Å². The minimum Gasteiger partial charge on any atom is -0.444 e. The van der Waals surface area contributed by atoms with E-state index in [2.05, 4.69) is 10.3 Å². The summed E-state index contributed by atoms with van der Waals surface area (Å²) in [6.45, 7) is 5.27. The lowest BCUT2D eigenvalue weighted by Crippen LogP contribution is -2.27. The van der Waals surface area contributed by atoms with Crippen molar-refractivity contribution >= 4 is 38.5 Å². The molecule has 2 aromatic rings. The van der Waals surface area contributed by atoms with E-state index in [9.17, 15) is 14.9 Å². The van der Waals surface area contributed by atoms with E-state index in [-0.39, 0.29) is 5.69 Å². The van der Waals surface area contributed by atoms with E-state index in [0.29, 0.717) is 10.6 Å². The number of nitro benzene ring substituents is 1. The summed E-state index contributed by atoms with van der Waals surface area (Å²) in [5.41, 5.74) is -0.165. The molecular weight excluding hydrogens is 282 g/mol. The fourth-order valence-corrected chi connectivity index (χ4v) is 2.31. The molecule has 2 rings (SSSR count). The van der Waals surface area contributed by atoms with Crippen molar-refractivity contribution in [3.63, 3.8) is 0 Å². The van der Waals surface area contributed by atoms with Gasteiger partial charge in [0.1, 0.15) is 5.60 Å².